The Kier molecular flexibility index (Phi) is 7.49. The van der Waals surface area contributed by atoms with Gasteiger partial charge in [-0.3, -0.25) is 4.79 Å². The number of methoxy groups -OCH3 is 1. The van der Waals surface area contributed by atoms with Crippen molar-refractivity contribution in [3.8, 4) is 23.0 Å². The molecule has 1 amide bonds. The van der Waals surface area contributed by atoms with Crippen molar-refractivity contribution in [1.29, 1.82) is 0 Å². The molecule has 174 valence electrons. The summed E-state index contributed by atoms with van der Waals surface area (Å²) in [6.07, 6.45) is 4.60. The maximum atomic E-state index is 12.1. The maximum absolute atomic E-state index is 12.1. The Morgan fingerprint density at radius 3 is 2.68 bits per heavy atom. The lowest BCUT2D eigenvalue weighted by atomic mass is 10.2. The second-order valence-electron chi connectivity index (χ2n) is 7.49. The standard InChI is InChI=1S/C26H23BrN2O5/c1-17-3-5-19(6-4-17)15-32-26-21(27)11-20(13-24(26)31-2)14-28-29-25(30)10-8-18-7-9-22-23(12-18)34-16-33-22/h3-14H,15-16H2,1-2H3,(H,29,30)/b10-8+,28-14-. The van der Waals surface area contributed by atoms with Gasteiger partial charge in [-0.05, 0) is 69.9 Å². The number of halogens is 1. The first-order chi connectivity index (χ1) is 16.5. The van der Waals surface area contributed by atoms with Crippen LogP contribution >= 0.6 is 15.9 Å². The molecule has 0 atom stereocenters. The summed E-state index contributed by atoms with van der Waals surface area (Å²) in [5.74, 6) is 2.14. The summed E-state index contributed by atoms with van der Waals surface area (Å²) in [6.45, 7) is 2.66. The minimum Gasteiger partial charge on any atom is -0.493 e. The zero-order valence-electron chi connectivity index (χ0n) is 18.7. The molecular formula is C26H23BrN2O5. The van der Waals surface area contributed by atoms with Gasteiger partial charge in [0.2, 0.25) is 6.79 Å². The predicted octanol–water partition coefficient (Wildman–Crippen LogP) is 5.24. The number of hydrogen-bond donors (Lipinski definition) is 1. The van der Waals surface area contributed by atoms with Crippen molar-refractivity contribution in [3.05, 3.63) is 87.4 Å². The number of nitrogens with zero attached hydrogens (tertiary/aromatic N) is 1. The summed E-state index contributed by atoms with van der Waals surface area (Å²) in [4.78, 5) is 12.1. The van der Waals surface area contributed by atoms with Crippen molar-refractivity contribution in [1.82, 2.24) is 5.43 Å². The minimum atomic E-state index is -0.363. The molecule has 0 spiro atoms. The average molecular weight is 523 g/mol. The third kappa shape index (κ3) is 5.96. The second-order valence-corrected chi connectivity index (χ2v) is 8.34. The van der Waals surface area contributed by atoms with Crippen LogP contribution in [0.1, 0.15) is 22.3 Å². The summed E-state index contributed by atoms with van der Waals surface area (Å²) in [5, 5.41) is 4.02. The fraction of sp³-hybridized carbons (Fsp3) is 0.154. The molecule has 4 rings (SSSR count). The van der Waals surface area contributed by atoms with Crippen molar-refractivity contribution in [2.24, 2.45) is 5.10 Å². The molecule has 0 radical (unpaired) electrons. The number of fused-ring (bicyclic) bond motifs is 1. The van der Waals surface area contributed by atoms with Crippen LogP contribution in [0.25, 0.3) is 6.08 Å². The van der Waals surface area contributed by atoms with E-state index in [-0.39, 0.29) is 12.7 Å². The Bertz CT molecular complexity index is 1240. The number of hydrogen-bond acceptors (Lipinski definition) is 6. The van der Waals surface area contributed by atoms with Crippen LogP contribution in [0.3, 0.4) is 0 Å². The Morgan fingerprint density at radius 1 is 1.09 bits per heavy atom. The number of hydrazone groups is 1. The highest BCUT2D eigenvalue weighted by Gasteiger charge is 2.13. The molecule has 7 nitrogen and oxygen atoms in total. The lowest BCUT2D eigenvalue weighted by Gasteiger charge is -2.13. The van der Waals surface area contributed by atoms with E-state index >= 15 is 0 Å². The van der Waals surface area contributed by atoms with E-state index in [1.807, 2.05) is 49.4 Å². The summed E-state index contributed by atoms with van der Waals surface area (Å²) in [6, 6.07) is 17.2. The number of nitrogens with one attached hydrogen (secondary N) is 1. The van der Waals surface area contributed by atoms with Gasteiger partial charge in [-0.2, -0.15) is 5.10 Å². The van der Waals surface area contributed by atoms with Crippen LogP contribution in [0.5, 0.6) is 23.0 Å². The first-order valence-electron chi connectivity index (χ1n) is 10.5. The Hall–Kier alpha value is -3.78. The minimum absolute atomic E-state index is 0.207. The predicted molar refractivity (Wildman–Crippen MR) is 134 cm³/mol. The fourth-order valence-electron chi connectivity index (χ4n) is 3.19. The van der Waals surface area contributed by atoms with E-state index in [0.29, 0.717) is 29.6 Å². The van der Waals surface area contributed by atoms with Crippen LogP contribution in [0.4, 0.5) is 0 Å². The van der Waals surface area contributed by atoms with Crippen molar-refractivity contribution in [2.45, 2.75) is 13.5 Å². The Labute approximate surface area is 206 Å². The van der Waals surface area contributed by atoms with E-state index in [0.717, 1.165) is 21.2 Å². The molecule has 0 bridgehead atoms. The molecule has 0 saturated carbocycles. The normalized spacial score (nSPS) is 12.3. The van der Waals surface area contributed by atoms with Crippen LogP contribution in [-0.2, 0) is 11.4 Å². The van der Waals surface area contributed by atoms with Crippen molar-refractivity contribution in [3.63, 3.8) is 0 Å². The fourth-order valence-corrected chi connectivity index (χ4v) is 3.76. The zero-order valence-corrected chi connectivity index (χ0v) is 20.3. The first-order valence-corrected chi connectivity index (χ1v) is 11.3. The van der Waals surface area contributed by atoms with Gasteiger partial charge in [0.25, 0.3) is 5.91 Å². The summed E-state index contributed by atoms with van der Waals surface area (Å²) in [5.41, 5.74) is 6.28. The third-order valence-corrected chi connectivity index (χ3v) is 5.56. The molecule has 0 fully saturated rings. The molecule has 0 saturated heterocycles. The molecule has 0 aromatic heterocycles. The molecule has 1 N–H and O–H groups in total. The lowest BCUT2D eigenvalue weighted by Crippen LogP contribution is -2.14. The molecule has 0 aliphatic carbocycles. The average Bonchev–Trinajstić information content (AvgIpc) is 3.31. The number of amides is 1. The van der Waals surface area contributed by atoms with E-state index in [1.165, 1.54) is 17.9 Å². The summed E-state index contributed by atoms with van der Waals surface area (Å²) >= 11 is 3.53. The van der Waals surface area contributed by atoms with Crippen molar-refractivity contribution >= 4 is 34.1 Å². The number of carbonyl (C=O) groups is 1. The third-order valence-electron chi connectivity index (χ3n) is 4.97. The number of aryl methyl sites for hydroxylation is 1. The van der Waals surface area contributed by atoms with Gasteiger partial charge < -0.3 is 18.9 Å². The van der Waals surface area contributed by atoms with E-state index < -0.39 is 0 Å². The molecule has 1 heterocycles. The molecule has 0 unspecified atom stereocenters. The lowest BCUT2D eigenvalue weighted by molar-refractivity contribution is -0.116. The second kappa shape index (κ2) is 10.9. The van der Waals surface area contributed by atoms with Gasteiger partial charge in [0, 0.05) is 6.08 Å². The van der Waals surface area contributed by atoms with E-state index in [4.69, 9.17) is 18.9 Å². The van der Waals surface area contributed by atoms with Crippen LogP contribution < -0.4 is 24.4 Å². The SMILES string of the molecule is COc1cc(/C=N\NC(=O)/C=C/c2ccc3c(c2)OCO3)cc(Br)c1OCc1ccc(C)cc1. The van der Waals surface area contributed by atoms with Crippen LogP contribution in [0.15, 0.2) is 70.2 Å². The smallest absolute Gasteiger partial charge is 0.264 e. The maximum Gasteiger partial charge on any atom is 0.264 e. The number of rotatable bonds is 8. The summed E-state index contributed by atoms with van der Waals surface area (Å²) in [7, 11) is 1.57. The van der Waals surface area contributed by atoms with Gasteiger partial charge in [0.05, 0.1) is 17.8 Å². The van der Waals surface area contributed by atoms with Crippen LogP contribution in [0, 0.1) is 6.92 Å². The highest BCUT2D eigenvalue weighted by molar-refractivity contribution is 9.10. The number of carbonyl (C=O) groups excluding carboxylic acids is 1. The largest absolute Gasteiger partial charge is 0.493 e. The van der Waals surface area contributed by atoms with Crippen molar-refractivity contribution < 1.29 is 23.7 Å². The molecule has 3 aromatic carbocycles. The molecule has 1 aliphatic heterocycles. The molecule has 1 aliphatic rings. The van der Waals surface area contributed by atoms with Gasteiger partial charge in [-0.15, -0.1) is 0 Å². The monoisotopic (exact) mass is 522 g/mol. The van der Waals surface area contributed by atoms with Crippen LogP contribution in [-0.4, -0.2) is 26.0 Å². The molecule has 8 heteroatoms. The summed E-state index contributed by atoms with van der Waals surface area (Å²) < 4.78 is 22.8. The molecule has 34 heavy (non-hydrogen) atoms. The van der Waals surface area contributed by atoms with Gasteiger partial charge in [-0.25, -0.2) is 5.43 Å². The van der Waals surface area contributed by atoms with Gasteiger partial charge in [0.15, 0.2) is 23.0 Å². The Morgan fingerprint density at radius 2 is 1.88 bits per heavy atom. The topological polar surface area (TPSA) is 78.4 Å². The van der Waals surface area contributed by atoms with Gasteiger partial charge in [0.1, 0.15) is 6.61 Å². The van der Waals surface area contributed by atoms with Crippen LogP contribution in [0.2, 0.25) is 0 Å². The quantitative estimate of drug-likeness (QED) is 0.248. The highest BCUT2D eigenvalue weighted by Crippen LogP contribution is 2.37. The highest BCUT2D eigenvalue weighted by atomic mass is 79.9. The number of benzene rings is 3. The molecule has 3 aromatic rings. The van der Waals surface area contributed by atoms with E-state index in [9.17, 15) is 4.79 Å². The Balaban J connectivity index is 1.36. The number of ether oxygens (including phenoxy) is 4. The zero-order chi connectivity index (χ0) is 23.9. The van der Waals surface area contributed by atoms with E-state index in [1.54, 1.807) is 25.3 Å². The van der Waals surface area contributed by atoms with Gasteiger partial charge in [-0.1, -0.05) is 35.9 Å². The van der Waals surface area contributed by atoms with Gasteiger partial charge >= 0.3 is 0 Å². The van der Waals surface area contributed by atoms with E-state index in [2.05, 4.69) is 26.5 Å². The molecular weight excluding hydrogens is 500 g/mol. The van der Waals surface area contributed by atoms with Crippen molar-refractivity contribution in [2.75, 3.05) is 13.9 Å². The first kappa shape index (κ1) is 23.4.